The van der Waals surface area contributed by atoms with E-state index in [-0.39, 0.29) is 24.4 Å². The van der Waals surface area contributed by atoms with Crippen molar-refractivity contribution < 1.29 is 27.9 Å². The minimum Gasteiger partial charge on any atom is -0.409 e. The van der Waals surface area contributed by atoms with Crippen molar-refractivity contribution in [2.24, 2.45) is 10.9 Å². The van der Waals surface area contributed by atoms with Crippen LogP contribution in [0.5, 0.6) is 5.75 Å². The monoisotopic (exact) mass is 305 g/mol. The van der Waals surface area contributed by atoms with E-state index in [0.717, 1.165) is 12.1 Å². The van der Waals surface area contributed by atoms with Crippen molar-refractivity contribution in [3.05, 3.63) is 29.8 Å². The van der Waals surface area contributed by atoms with Crippen molar-refractivity contribution in [3.63, 3.8) is 0 Å². The number of nitrogens with two attached hydrogens (primary N) is 1. The van der Waals surface area contributed by atoms with E-state index < -0.39 is 18.0 Å². The van der Waals surface area contributed by atoms with E-state index in [0.29, 0.717) is 0 Å². The summed E-state index contributed by atoms with van der Waals surface area (Å²) in [7, 11) is 1.49. The summed E-state index contributed by atoms with van der Waals surface area (Å²) < 4.78 is 39.7. The average Bonchev–Trinajstić information content (AvgIpc) is 2.42. The van der Waals surface area contributed by atoms with Gasteiger partial charge in [-0.15, -0.1) is 13.2 Å². The molecule has 1 aromatic rings. The second-order valence-corrected chi connectivity index (χ2v) is 4.14. The molecule has 0 saturated carbocycles. The molecule has 0 fully saturated rings. The Morgan fingerprint density at radius 1 is 1.38 bits per heavy atom. The van der Waals surface area contributed by atoms with E-state index >= 15 is 0 Å². The van der Waals surface area contributed by atoms with E-state index in [1.54, 1.807) is 0 Å². The minimum absolute atomic E-state index is 0.0245. The van der Waals surface area contributed by atoms with Crippen molar-refractivity contribution in [1.29, 1.82) is 0 Å². The summed E-state index contributed by atoms with van der Waals surface area (Å²) in [5, 5.41) is 11.2. The Morgan fingerprint density at radius 3 is 2.43 bits per heavy atom. The van der Waals surface area contributed by atoms with Crippen molar-refractivity contribution >= 4 is 11.7 Å². The molecule has 0 saturated heterocycles. The molecule has 6 nitrogen and oxygen atoms in total. The summed E-state index contributed by atoms with van der Waals surface area (Å²) in [4.78, 5) is 13.3. The number of halogens is 3. The molecule has 9 heteroatoms. The average molecular weight is 305 g/mol. The number of carbonyl (C=O) groups is 1. The van der Waals surface area contributed by atoms with Crippen LogP contribution in [-0.4, -0.2) is 41.8 Å². The predicted octanol–water partition coefficient (Wildman–Crippen LogP) is 1.79. The minimum atomic E-state index is -4.77. The van der Waals surface area contributed by atoms with Gasteiger partial charge in [-0.2, -0.15) is 0 Å². The van der Waals surface area contributed by atoms with E-state index in [1.165, 1.54) is 24.1 Å². The second kappa shape index (κ2) is 6.82. The number of nitrogens with zero attached hydrogens (tertiary/aromatic N) is 2. The fraction of sp³-hybridized carbons (Fsp3) is 0.333. The molecule has 0 atom stereocenters. The molecule has 0 radical (unpaired) electrons. The number of hydrogen-bond acceptors (Lipinski definition) is 4. The standard InChI is InChI=1S/C12H14F3N3O3/c1-18(7-6-10(16)17-20)11(19)8-2-4-9(5-3-8)21-12(13,14)15/h2-5,20H,6-7H2,1H3,(H2,16,17). The highest BCUT2D eigenvalue weighted by atomic mass is 19.4. The van der Waals surface area contributed by atoms with Crippen LogP contribution < -0.4 is 10.5 Å². The lowest BCUT2D eigenvalue weighted by Gasteiger charge is -2.17. The van der Waals surface area contributed by atoms with Gasteiger partial charge in [0.25, 0.3) is 5.91 Å². The van der Waals surface area contributed by atoms with E-state index in [1.807, 2.05) is 0 Å². The van der Waals surface area contributed by atoms with Gasteiger partial charge in [-0.25, -0.2) is 0 Å². The molecule has 1 amide bonds. The van der Waals surface area contributed by atoms with Crippen LogP contribution in [0.4, 0.5) is 13.2 Å². The Balaban J connectivity index is 2.66. The van der Waals surface area contributed by atoms with Crippen LogP contribution >= 0.6 is 0 Å². The van der Waals surface area contributed by atoms with Crippen LogP contribution in [0.3, 0.4) is 0 Å². The quantitative estimate of drug-likeness (QED) is 0.376. The highest BCUT2D eigenvalue weighted by Gasteiger charge is 2.31. The van der Waals surface area contributed by atoms with Gasteiger partial charge in [0.2, 0.25) is 0 Å². The van der Waals surface area contributed by atoms with Crippen LogP contribution in [0.25, 0.3) is 0 Å². The van der Waals surface area contributed by atoms with Gasteiger partial charge in [-0.05, 0) is 24.3 Å². The van der Waals surface area contributed by atoms with Crippen molar-refractivity contribution in [3.8, 4) is 5.75 Å². The van der Waals surface area contributed by atoms with Crippen LogP contribution in [0.2, 0.25) is 0 Å². The molecule has 21 heavy (non-hydrogen) atoms. The Bertz CT molecular complexity index is 515. The molecule has 0 heterocycles. The van der Waals surface area contributed by atoms with Gasteiger partial charge >= 0.3 is 6.36 Å². The number of hydrogen-bond donors (Lipinski definition) is 2. The molecule has 0 spiro atoms. The second-order valence-electron chi connectivity index (χ2n) is 4.14. The Kier molecular flexibility index (Phi) is 5.39. The van der Waals surface area contributed by atoms with Crippen molar-refractivity contribution in [2.45, 2.75) is 12.8 Å². The fourth-order valence-electron chi connectivity index (χ4n) is 1.45. The zero-order valence-corrected chi connectivity index (χ0v) is 11.1. The number of amides is 1. The molecule has 1 aromatic carbocycles. The highest BCUT2D eigenvalue weighted by Crippen LogP contribution is 2.22. The number of rotatable bonds is 5. The zero-order chi connectivity index (χ0) is 16.0. The smallest absolute Gasteiger partial charge is 0.409 e. The maximum atomic E-state index is 12.0. The van der Waals surface area contributed by atoms with Gasteiger partial charge in [-0.3, -0.25) is 4.79 Å². The number of carbonyl (C=O) groups excluding carboxylic acids is 1. The maximum Gasteiger partial charge on any atom is 0.573 e. The highest BCUT2D eigenvalue weighted by molar-refractivity contribution is 5.94. The van der Waals surface area contributed by atoms with E-state index in [9.17, 15) is 18.0 Å². The lowest BCUT2D eigenvalue weighted by Crippen LogP contribution is -2.30. The van der Waals surface area contributed by atoms with E-state index in [2.05, 4.69) is 9.89 Å². The van der Waals surface area contributed by atoms with Gasteiger partial charge in [-0.1, -0.05) is 5.16 Å². The molecule has 0 unspecified atom stereocenters. The molecule has 1 rings (SSSR count). The fourth-order valence-corrected chi connectivity index (χ4v) is 1.45. The summed E-state index contributed by atoms with van der Waals surface area (Å²) in [6.07, 6.45) is -4.60. The molecular weight excluding hydrogens is 291 g/mol. The number of ether oxygens (including phenoxy) is 1. The predicted molar refractivity (Wildman–Crippen MR) is 68.1 cm³/mol. The Morgan fingerprint density at radius 2 is 1.95 bits per heavy atom. The molecule has 0 aromatic heterocycles. The van der Waals surface area contributed by atoms with E-state index in [4.69, 9.17) is 10.9 Å². The third-order valence-corrected chi connectivity index (χ3v) is 2.51. The molecule has 3 N–H and O–H groups in total. The van der Waals surface area contributed by atoms with Crippen LogP contribution in [-0.2, 0) is 0 Å². The van der Waals surface area contributed by atoms with Gasteiger partial charge in [0.15, 0.2) is 0 Å². The summed E-state index contributed by atoms with van der Waals surface area (Å²) in [6.45, 7) is 0.204. The maximum absolute atomic E-state index is 12.0. The summed E-state index contributed by atoms with van der Waals surface area (Å²) in [5.41, 5.74) is 5.48. The topological polar surface area (TPSA) is 88.1 Å². The van der Waals surface area contributed by atoms with Crippen LogP contribution in [0, 0.1) is 0 Å². The first-order chi connectivity index (χ1) is 9.73. The summed E-state index contributed by atoms with van der Waals surface area (Å²) >= 11 is 0. The molecule has 0 aliphatic heterocycles. The molecule has 0 bridgehead atoms. The molecule has 0 aliphatic rings. The van der Waals surface area contributed by atoms with Crippen molar-refractivity contribution in [2.75, 3.05) is 13.6 Å². The normalized spacial score (nSPS) is 12.1. The first-order valence-electron chi connectivity index (χ1n) is 5.80. The summed E-state index contributed by atoms with van der Waals surface area (Å²) in [5.74, 6) is -0.832. The first-order valence-corrected chi connectivity index (χ1v) is 5.80. The molecule has 0 aliphatic carbocycles. The lowest BCUT2D eigenvalue weighted by atomic mass is 10.2. The molecule has 116 valence electrons. The number of oxime groups is 1. The third kappa shape index (κ3) is 5.59. The Labute approximate surface area is 118 Å². The lowest BCUT2D eigenvalue weighted by molar-refractivity contribution is -0.274. The van der Waals surface area contributed by atoms with Gasteiger partial charge in [0.05, 0.1) is 0 Å². The van der Waals surface area contributed by atoms with Crippen LogP contribution in [0.15, 0.2) is 29.4 Å². The van der Waals surface area contributed by atoms with Gasteiger partial charge in [0.1, 0.15) is 11.6 Å². The summed E-state index contributed by atoms with van der Waals surface area (Å²) in [6, 6.07) is 4.56. The SMILES string of the molecule is CN(CC/C(N)=N/O)C(=O)c1ccc(OC(F)(F)F)cc1. The zero-order valence-electron chi connectivity index (χ0n) is 11.1. The number of alkyl halides is 3. The number of benzene rings is 1. The number of amidine groups is 1. The first kappa shape index (κ1) is 16.6. The van der Waals surface area contributed by atoms with Gasteiger partial charge < -0.3 is 20.6 Å². The Hall–Kier alpha value is -2.45. The van der Waals surface area contributed by atoms with Crippen molar-refractivity contribution in [1.82, 2.24) is 4.90 Å². The third-order valence-electron chi connectivity index (χ3n) is 2.51. The molecular formula is C12H14F3N3O3. The largest absolute Gasteiger partial charge is 0.573 e. The van der Waals surface area contributed by atoms with Crippen LogP contribution in [0.1, 0.15) is 16.8 Å². The van der Waals surface area contributed by atoms with Gasteiger partial charge in [0, 0.05) is 25.6 Å².